The third-order valence-electron chi connectivity index (χ3n) is 2.98. The van der Waals surface area contributed by atoms with E-state index in [1.165, 1.54) is 0 Å². The molecular weight excluding hydrogens is 256 g/mol. The molecule has 0 spiro atoms. The molecule has 0 saturated heterocycles. The summed E-state index contributed by atoms with van der Waals surface area (Å²) >= 11 is 0. The van der Waals surface area contributed by atoms with E-state index in [0.717, 1.165) is 5.56 Å². The molecule has 2 N–H and O–H groups in total. The zero-order valence-corrected chi connectivity index (χ0v) is 12.2. The maximum atomic E-state index is 11.5. The summed E-state index contributed by atoms with van der Waals surface area (Å²) in [4.78, 5) is 13.1. The van der Waals surface area contributed by atoms with Crippen molar-refractivity contribution >= 4 is 5.91 Å². The van der Waals surface area contributed by atoms with Crippen LogP contribution in [0.25, 0.3) is 0 Å². The minimum atomic E-state index is -0.613. The maximum absolute atomic E-state index is 11.5. The van der Waals surface area contributed by atoms with Gasteiger partial charge in [-0.1, -0.05) is 30.3 Å². The summed E-state index contributed by atoms with van der Waals surface area (Å²) in [5.41, 5.74) is 1.08. The van der Waals surface area contributed by atoms with Crippen molar-refractivity contribution in [1.82, 2.24) is 10.2 Å². The lowest BCUT2D eigenvalue weighted by Gasteiger charge is -2.16. The molecule has 1 aromatic carbocycles. The molecule has 0 heterocycles. The molecule has 1 amide bonds. The van der Waals surface area contributed by atoms with Gasteiger partial charge in [0.2, 0.25) is 5.91 Å². The smallest absolute Gasteiger partial charge is 0.236 e. The SMILES string of the molecule is CCN(C)C(=O)CNCC(O)COCc1ccccc1. The minimum Gasteiger partial charge on any atom is -0.389 e. The van der Waals surface area contributed by atoms with Gasteiger partial charge in [0.1, 0.15) is 0 Å². The number of nitrogens with zero attached hydrogens (tertiary/aromatic N) is 1. The summed E-state index contributed by atoms with van der Waals surface area (Å²) < 4.78 is 5.42. The Balaban J connectivity index is 2.09. The van der Waals surface area contributed by atoms with E-state index >= 15 is 0 Å². The number of hydrogen-bond acceptors (Lipinski definition) is 4. The molecule has 0 aromatic heterocycles. The third-order valence-corrected chi connectivity index (χ3v) is 2.98. The molecule has 0 fully saturated rings. The Morgan fingerprint density at radius 3 is 2.75 bits per heavy atom. The fraction of sp³-hybridized carbons (Fsp3) is 0.533. The van der Waals surface area contributed by atoms with E-state index in [0.29, 0.717) is 19.7 Å². The minimum absolute atomic E-state index is 0.0184. The highest BCUT2D eigenvalue weighted by molar-refractivity contribution is 5.77. The van der Waals surface area contributed by atoms with E-state index in [9.17, 15) is 9.90 Å². The molecule has 5 nitrogen and oxygen atoms in total. The normalized spacial score (nSPS) is 12.2. The standard InChI is InChI=1S/C15H24N2O3/c1-3-17(2)15(19)10-16-9-14(18)12-20-11-13-7-5-4-6-8-13/h4-8,14,16,18H,3,9-12H2,1-2H3. The predicted octanol–water partition coefficient (Wildman–Crippen LogP) is 0.632. The molecule has 20 heavy (non-hydrogen) atoms. The van der Waals surface area contributed by atoms with Crippen LogP contribution in [0.3, 0.4) is 0 Å². The first kappa shape index (κ1) is 16.6. The quantitative estimate of drug-likeness (QED) is 0.696. The van der Waals surface area contributed by atoms with Crippen LogP contribution in [0.4, 0.5) is 0 Å². The Hall–Kier alpha value is -1.43. The number of carbonyl (C=O) groups is 1. The highest BCUT2D eigenvalue weighted by Crippen LogP contribution is 2.00. The third kappa shape index (κ3) is 6.65. The van der Waals surface area contributed by atoms with Crippen LogP contribution in [0.5, 0.6) is 0 Å². The summed E-state index contributed by atoms with van der Waals surface area (Å²) in [5, 5.41) is 12.7. The van der Waals surface area contributed by atoms with Crippen LogP contribution in [0.2, 0.25) is 0 Å². The first-order valence-electron chi connectivity index (χ1n) is 6.88. The largest absolute Gasteiger partial charge is 0.389 e. The van der Waals surface area contributed by atoms with E-state index in [2.05, 4.69) is 5.32 Å². The summed E-state index contributed by atoms with van der Waals surface area (Å²) in [7, 11) is 1.75. The van der Waals surface area contributed by atoms with Gasteiger partial charge in [-0.05, 0) is 12.5 Å². The number of hydrogen-bond donors (Lipinski definition) is 2. The number of carbonyl (C=O) groups excluding carboxylic acids is 1. The maximum Gasteiger partial charge on any atom is 0.236 e. The number of likely N-dealkylation sites (N-methyl/N-ethyl adjacent to an activating group) is 1. The van der Waals surface area contributed by atoms with Crippen LogP contribution in [0.15, 0.2) is 30.3 Å². The van der Waals surface area contributed by atoms with Crippen molar-refractivity contribution in [2.45, 2.75) is 19.6 Å². The number of ether oxygens (including phenoxy) is 1. The summed E-state index contributed by atoms with van der Waals surface area (Å²) in [6.07, 6.45) is -0.613. The van der Waals surface area contributed by atoms with Crippen molar-refractivity contribution < 1.29 is 14.6 Å². The molecule has 0 aliphatic heterocycles. The van der Waals surface area contributed by atoms with Crippen LogP contribution < -0.4 is 5.32 Å². The second-order valence-electron chi connectivity index (χ2n) is 4.69. The van der Waals surface area contributed by atoms with Crippen LogP contribution in [0, 0.1) is 0 Å². The number of aliphatic hydroxyl groups excluding tert-OH is 1. The molecule has 5 heteroatoms. The first-order valence-corrected chi connectivity index (χ1v) is 6.88. The number of amides is 1. The second kappa shape index (κ2) is 9.47. The molecule has 0 radical (unpaired) electrons. The van der Waals surface area contributed by atoms with Crippen LogP contribution in [-0.2, 0) is 16.1 Å². The van der Waals surface area contributed by atoms with Gasteiger partial charge in [-0.2, -0.15) is 0 Å². The molecule has 1 atom stereocenters. The summed E-state index contributed by atoms with van der Waals surface area (Å²) in [6.45, 7) is 3.92. The molecule has 1 aromatic rings. The van der Waals surface area contributed by atoms with Gasteiger partial charge < -0.3 is 20.1 Å². The van der Waals surface area contributed by atoms with E-state index in [1.54, 1.807) is 11.9 Å². The van der Waals surface area contributed by atoms with E-state index in [1.807, 2.05) is 37.3 Å². The number of aliphatic hydroxyl groups is 1. The molecular formula is C15H24N2O3. The fourth-order valence-electron chi connectivity index (χ4n) is 1.60. The lowest BCUT2D eigenvalue weighted by molar-refractivity contribution is -0.128. The highest BCUT2D eigenvalue weighted by Gasteiger charge is 2.08. The van der Waals surface area contributed by atoms with Gasteiger partial charge in [-0.25, -0.2) is 0 Å². The molecule has 0 aliphatic rings. The molecule has 0 saturated carbocycles. The number of rotatable bonds is 9. The van der Waals surface area contributed by atoms with Gasteiger partial charge >= 0.3 is 0 Å². The fourth-order valence-corrected chi connectivity index (χ4v) is 1.60. The average molecular weight is 280 g/mol. The Labute approximate surface area is 120 Å². The zero-order chi connectivity index (χ0) is 14.8. The average Bonchev–Trinajstić information content (AvgIpc) is 2.47. The monoisotopic (exact) mass is 280 g/mol. The molecule has 1 unspecified atom stereocenters. The second-order valence-corrected chi connectivity index (χ2v) is 4.69. The Morgan fingerprint density at radius 1 is 1.40 bits per heavy atom. The topological polar surface area (TPSA) is 61.8 Å². The van der Waals surface area contributed by atoms with Crippen molar-refractivity contribution in [3.63, 3.8) is 0 Å². The van der Waals surface area contributed by atoms with E-state index < -0.39 is 6.10 Å². The number of benzene rings is 1. The molecule has 1 rings (SSSR count). The van der Waals surface area contributed by atoms with Crippen LogP contribution >= 0.6 is 0 Å². The van der Waals surface area contributed by atoms with Crippen LogP contribution in [0.1, 0.15) is 12.5 Å². The highest BCUT2D eigenvalue weighted by atomic mass is 16.5. The van der Waals surface area contributed by atoms with Gasteiger partial charge in [0.15, 0.2) is 0 Å². The van der Waals surface area contributed by atoms with Gasteiger partial charge in [0, 0.05) is 20.1 Å². The van der Waals surface area contributed by atoms with Crippen molar-refractivity contribution in [2.75, 3.05) is 33.3 Å². The lowest BCUT2D eigenvalue weighted by atomic mass is 10.2. The first-order chi connectivity index (χ1) is 9.63. The summed E-state index contributed by atoms with van der Waals surface area (Å²) in [6, 6.07) is 9.80. The van der Waals surface area contributed by atoms with Crippen LogP contribution in [-0.4, -0.2) is 55.3 Å². The Morgan fingerprint density at radius 2 is 2.10 bits per heavy atom. The van der Waals surface area contributed by atoms with Crippen molar-refractivity contribution in [3.05, 3.63) is 35.9 Å². The van der Waals surface area contributed by atoms with E-state index in [-0.39, 0.29) is 19.1 Å². The van der Waals surface area contributed by atoms with Gasteiger partial charge in [0.25, 0.3) is 0 Å². The predicted molar refractivity (Wildman–Crippen MR) is 78.3 cm³/mol. The Kier molecular flexibility index (Phi) is 7.87. The van der Waals surface area contributed by atoms with Gasteiger partial charge in [-0.15, -0.1) is 0 Å². The zero-order valence-electron chi connectivity index (χ0n) is 12.2. The lowest BCUT2D eigenvalue weighted by Crippen LogP contribution is -2.39. The van der Waals surface area contributed by atoms with Gasteiger partial charge in [-0.3, -0.25) is 4.79 Å². The molecule has 112 valence electrons. The van der Waals surface area contributed by atoms with E-state index in [4.69, 9.17) is 4.74 Å². The van der Waals surface area contributed by atoms with Crippen molar-refractivity contribution in [2.24, 2.45) is 0 Å². The Bertz CT molecular complexity index is 384. The number of nitrogens with one attached hydrogen (secondary N) is 1. The molecule has 0 bridgehead atoms. The van der Waals surface area contributed by atoms with Gasteiger partial charge in [0.05, 0.1) is 25.9 Å². The van der Waals surface area contributed by atoms with Crippen molar-refractivity contribution in [3.8, 4) is 0 Å². The molecule has 0 aliphatic carbocycles. The van der Waals surface area contributed by atoms with Crippen molar-refractivity contribution in [1.29, 1.82) is 0 Å². The summed E-state index contributed by atoms with van der Waals surface area (Å²) in [5.74, 6) is 0.0184.